The van der Waals surface area contributed by atoms with Gasteiger partial charge in [-0.05, 0) is 23.1 Å². The number of rotatable bonds is 4. The normalized spacial score (nSPS) is 12.4. The lowest BCUT2D eigenvalue weighted by atomic mass is 9.85. The average molecular weight is 287 g/mol. The van der Waals surface area contributed by atoms with Crippen molar-refractivity contribution in [3.05, 3.63) is 48.2 Å². The van der Waals surface area contributed by atoms with Crippen LogP contribution in [-0.2, 0) is 5.41 Å². The maximum atomic E-state index is 10.2. The highest BCUT2D eigenvalue weighted by molar-refractivity contribution is 5.87. The number of nitrogens with two attached hydrogens (primary N) is 1. The fourth-order valence-electron chi connectivity index (χ4n) is 1.68. The van der Waals surface area contributed by atoms with Gasteiger partial charge in [0.1, 0.15) is 5.75 Å². The molecule has 0 bridgehead atoms. The maximum absolute atomic E-state index is 10.2. The van der Waals surface area contributed by atoms with Crippen LogP contribution in [0.2, 0.25) is 0 Å². The van der Waals surface area contributed by atoms with Gasteiger partial charge in [0.25, 0.3) is 0 Å². The molecular formula is C16H23N4O+. The monoisotopic (exact) mass is 287 g/mol. The highest BCUT2D eigenvalue weighted by atomic mass is 16.3. The van der Waals surface area contributed by atoms with Gasteiger partial charge in [-0.15, -0.1) is 5.10 Å². The molecule has 112 valence electrons. The number of benzene rings is 1. The van der Waals surface area contributed by atoms with Crippen LogP contribution >= 0.6 is 0 Å². The predicted molar refractivity (Wildman–Crippen MR) is 88.0 cm³/mol. The number of nitrogens with zero attached hydrogens (tertiary/aromatic N) is 1. The third-order valence-corrected chi connectivity index (χ3v) is 2.90. The van der Waals surface area contributed by atoms with Crippen molar-refractivity contribution in [2.75, 3.05) is 0 Å². The molecule has 0 fully saturated rings. The van der Waals surface area contributed by atoms with Gasteiger partial charge in [0, 0.05) is 11.1 Å². The van der Waals surface area contributed by atoms with Crippen LogP contribution in [0.1, 0.15) is 37.5 Å². The standard InChI is InChI=1S/C16H22N4O/c1-6-11-8-13(16(3,4)5)9-12(14(11)21)10-19-20-15(17)18-7-2/h6-10,21H,1-2H2,3-5H3,(H3,17,18,20)/p+1. The van der Waals surface area contributed by atoms with Crippen molar-refractivity contribution in [1.82, 2.24) is 5.43 Å². The number of hydrogen-bond donors (Lipinski definition) is 4. The Balaban J connectivity index is 3.17. The van der Waals surface area contributed by atoms with E-state index in [4.69, 9.17) is 5.73 Å². The van der Waals surface area contributed by atoms with E-state index in [0.29, 0.717) is 11.1 Å². The molecule has 0 heterocycles. The summed E-state index contributed by atoms with van der Waals surface area (Å²) in [7, 11) is 0. The molecule has 5 nitrogen and oxygen atoms in total. The summed E-state index contributed by atoms with van der Waals surface area (Å²) in [5.74, 6) is 0.385. The highest BCUT2D eigenvalue weighted by Gasteiger charge is 2.17. The lowest BCUT2D eigenvalue weighted by Gasteiger charge is -2.21. The molecular weight excluding hydrogens is 264 g/mol. The number of aromatic hydroxyl groups is 1. The van der Waals surface area contributed by atoms with E-state index in [2.05, 4.69) is 49.4 Å². The summed E-state index contributed by atoms with van der Waals surface area (Å²) >= 11 is 0. The second-order valence-electron chi connectivity index (χ2n) is 5.59. The van der Waals surface area contributed by atoms with Crippen LogP contribution in [-0.4, -0.2) is 17.3 Å². The molecule has 0 spiro atoms. The zero-order chi connectivity index (χ0) is 16.0. The van der Waals surface area contributed by atoms with E-state index in [9.17, 15) is 5.11 Å². The van der Waals surface area contributed by atoms with Crippen molar-refractivity contribution >= 4 is 18.3 Å². The Morgan fingerprint density at radius 3 is 2.48 bits per heavy atom. The first kappa shape index (κ1) is 16.5. The Morgan fingerprint density at radius 2 is 1.95 bits per heavy atom. The summed E-state index contributed by atoms with van der Waals surface area (Å²) in [6.07, 6.45) is 4.57. The van der Waals surface area contributed by atoms with E-state index in [1.807, 2.05) is 12.1 Å². The Hall–Kier alpha value is -2.56. The minimum Gasteiger partial charge on any atom is -0.507 e. The average Bonchev–Trinajstić information content (AvgIpc) is 2.39. The van der Waals surface area contributed by atoms with Crippen molar-refractivity contribution in [2.45, 2.75) is 26.2 Å². The minimum atomic E-state index is -0.0446. The van der Waals surface area contributed by atoms with Gasteiger partial charge in [-0.2, -0.15) is 5.43 Å². The Morgan fingerprint density at radius 1 is 1.33 bits per heavy atom. The van der Waals surface area contributed by atoms with Crippen LogP contribution in [0, 0.1) is 0 Å². The van der Waals surface area contributed by atoms with Gasteiger partial charge in [0.15, 0.2) is 0 Å². The van der Waals surface area contributed by atoms with Crippen LogP contribution in [0.25, 0.3) is 6.08 Å². The van der Waals surface area contributed by atoms with Crippen molar-refractivity contribution in [2.24, 2.45) is 10.8 Å². The molecule has 1 aromatic carbocycles. The van der Waals surface area contributed by atoms with Crippen LogP contribution in [0.3, 0.4) is 0 Å². The number of nitrogens with one attached hydrogen (secondary N) is 2. The quantitative estimate of drug-likeness (QED) is 0.375. The van der Waals surface area contributed by atoms with E-state index < -0.39 is 0 Å². The molecule has 0 aliphatic rings. The van der Waals surface area contributed by atoms with Gasteiger partial charge >= 0.3 is 5.96 Å². The topological polar surface area (TPSA) is 84.6 Å². The van der Waals surface area contributed by atoms with Crippen molar-refractivity contribution in [1.29, 1.82) is 0 Å². The lowest BCUT2D eigenvalue weighted by molar-refractivity contribution is -0.376. The first-order chi connectivity index (χ1) is 9.79. The molecule has 0 saturated carbocycles. The molecule has 0 unspecified atom stereocenters. The summed E-state index contributed by atoms with van der Waals surface area (Å²) < 4.78 is 0. The number of hydrogen-bond acceptors (Lipinski definition) is 2. The highest BCUT2D eigenvalue weighted by Crippen LogP contribution is 2.30. The number of hydrazone groups is 1. The lowest BCUT2D eigenvalue weighted by Crippen LogP contribution is -2.72. The smallest absolute Gasteiger partial charge is 0.369 e. The summed E-state index contributed by atoms with van der Waals surface area (Å²) in [6, 6.07) is 3.82. The molecule has 1 rings (SSSR count). The molecule has 21 heavy (non-hydrogen) atoms. The Kier molecular flexibility index (Phi) is 5.30. The molecule has 0 saturated heterocycles. The number of guanidine groups is 1. The third kappa shape index (κ3) is 4.49. The molecule has 0 aliphatic carbocycles. The van der Waals surface area contributed by atoms with E-state index in [1.54, 1.807) is 6.08 Å². The van der Waals surface area contributed by atoms with E-state index in [1.165, 1.54) is 12.4 Å². The van der Waals surface area contributed by atoms with Gasteiger partial charge in [-0.1, -0.05) is 40.0 Å². The van der Waals surface area contributed by atoms with Crippen molar-refractivity contribution in [3.63, 3.8) is 0 Å². The summed E-state index contributed by atoms with van der Waals surface area (Å²) in [5, 5.41) is 14.2. The largest absolute Gasteiger partial charge is 0.507 e. The van der Waals surface area contributed by atoms with Gasteiger partial charge in [0.05, 0.1) is 12.4 Å². The SMILES string of the molecule is C=C[NH+]=C(N)NN=Cc1cc(C(C)(C)C)cc(C=C)c1O. The molecule has 0 aromatic heterocycles. The molecule has 5 heteroatoms. The van der Waals surface area contributed by atoms with Gasteiger partial charge in [-0.25, -0.2) is 0 Å². The number of phenols is 1. The fourth-order valence-corrected chi connectivity index (χ4v) is 1.68. The maximum Gasteiger partial charge on any atom is 0.369 e. The van der Waals surface area contributed by atoms with E-state index in [-0.39, 0.29) is 17.1 Å². The Bertz CT molecular complexity index is 595. The molecule has 0 atom stereocenters. The van der Waals surface area contributed by atoms with Crippen molar-refractivity contribution < 1.29 is 10.1 Å². The van der Waals surface area contributed by atoms with Crippen LogP contribution in [0.4, 0.5) is 0 Å². The summed E-state index contributed by atoms with van der Waals surface area (Å²) in [4.78, 5) is 2.66. The summed E-state index contributed by atoms with van der Waals surface area (Å²) in [6.45, 7) is 13.5. The fraction of sp³-hybridized carbons (Fsp3) is 0.250. The van der Waals surface area contributed by atoms with E-state index >= 15 is 0 Å². The molecule has 0 radical (unpaired) electrons. The predicted octanol–water partition coefficient (Wildman–Crippen LogP) is 0.795. The van der Waals surface area contributed by atoms with E-state index in [0.717, 1.165) is 5.56 Å². The first-order valence-corrected chi connectivity index (χ1v) is 6.58. The van der Waals surface area contributed by atoms with Gasteiger partial charge in [0.2, 0.25) is 0 Å². The second-order valence-corrected chi connectivity index (χ2v) is 5.59. The van der Waals surface area contributed by atoms with Gasteiger partial charge in [-0.3, -0.25) is 10.7 Å². The number of phenolic OH excluding ortho intramolecular Hbond substituents is 1. The van der Waals surface area contributed by atoms with Crippen LogP contribution in [0.15, 0.2) is 36.6 Å². The molecule has 0 amide bonds. The van der Waals surface area contributed by atoms with Gasteiger partial charge < -0.3 is 5.11 Å². The molecule has 0 aliphatic heterocycles. The minimum absolute atomic E-state index is 0.0446. The zero-order valence-corrected chi connectivity index (χ0v) is 12.8. The molecule has 1 aromatic rings. The van der Waals surface area contributed by atoms with Crippen molar-refractivity contribution in [3.8, 4) is 5.75 Å². The Labute approximate surface area is 125 Å². The first-order valence-electron chi connectivity index (χ1n) is 6.58. The van der Waals surface area contributed by atoms with Crippen LogP contribution in [0.5, 0.6) is 5.75 Å². The zero-order valence-electron chi connectivity index (χ0n) is 12.8. The second kappa shape index (κ2) is 6.74. The molecule has 5 N–H and O–H groups in total. The van der Waals surface area contributed by atoms with Crippen LogP contribution < -0.4 is 16.2 Å². The third-order valence-electron chi connectivity index (χ3n) is 2.90. The summed E-state index contributed by atoms with van der Waals surface area (Å²) in [5.41, 5.74) is 10.5.